The van der Waals surface area contributed by atoms with Crippen LogP contribution in [0.15, 0.2) is 24.4 Å². The second-order valence-corrected chi connectivity index (χ2v) is 4.94. The monoisotopic (exact) mass is 232 g/mol. The van der Waals surface area contributed by atoms with Crippen LogP contribution in [0.25, 0.3) is 10.9 Å². The maximum absolute atomic E-state index is 13.5. The predicted octanol–water partition coefficient (Wildman–Crippen LogP) is 2.94. The number of nitrogens with one attached hydrogen (secondary N) is 1. The maximum Gasteiger partial charge on any atom is 0.147 e. The third-order valence-electron chi connectivity index (χ3n) is 3.65. The van der Waals surface area contributed by atoms with Crippen molar-refractivity contribution in [3.8, 4) is 0 Å². The summed E-state index contributed by atoms with van der Waals surface area (Å²) in [6.45, 7) is 1.05. The van der Waals surface area contributed by atoms with Gasteiger partial charge in [0.25, 0.3) is 0 Å². The van der Waals surface area contributed by atoms with E-state index in [0.717, 1.165) is 24.4 Å². The number of hydrogen-bond acceptors (Lipinski definition) is 1. The molecule has 1 aliphatic rings. The number of fused-ring (bicyclic) bond motifs is 1. The van der Waals surface area contributed by atoms with Crippen LogP contribution in [0.5, 0.6) is 0 Å². The molecule has 1 saturated carbocycles. The molecule has 3 heteroatoms. The van der Waals surface area contributed by atoms with Crippen molar-refractivity contribution in [2.75, 3.05) is 13.6 Å². The molecule has 17 heavy (non-hydrogen) atoms. The van der Waals surface area contributed by atoms with Gasteiger partial charge in [0.05, 0.1) is 5.52 Å². The predicted molar refractivity (Wildman–Crippen MR) is 67.6 cm³/mol. The summed E-state index contributed by atoms with van der Waals surface area (Å²) in [7, 11) is 2.17. The summed E-state index contributed by atoms with van der Waals surface area (Å²) in [5, 5.41) is 1.02. The summed E-state index contributed by atoms with van der Waals surface area (Å²) in [6, 6.07) is 6.05. The molecule has 1 aromatic carbocycles. The molecule has 90 valence electrons. The number of rotatable bonds is 4. The third-order valence-corrected chi connectivity index (χ3v) is 3.65. The van der Waals surface area contributed by atoms with E-state index in [9.17, 15) is 4.39 Å². The van der Waals surface area contributed by atoms with E-state index in [1.807, 2.05) is 12.3 Å². The summed E-state index contributed by atoms with van der Waals surface area (Å²) in [6.07, 6.45) is 5.59. The van der Waals surface area contributed by atoms with Crippen molar-refractivity contribution in [2.24, 2.45) is 0 Å². The van der Waals surface area contributed by atoms with Gasteiger partial charge in [0.1, 0.15) is 5.82 Å². The lowest BCUT2D eigenvalue weighted by atomic mass is 10.1. The van der Waals surface area contributed by atoms with E-state index in [2.05, 4.69) is 16.9 Å². The summed E-state index contributed by atoms with van der Waals surface area (Å²) in [5.41, 5.74) is 1.85. The van der Waals surface area contributed by atoms with Gasteiger partial charge in [-0.15, -0.1) is 0 Å². The van der Waals surface area contributed by atoms with Gasteiger partial charge in [0, 0.05) is 24.2 Å². The Labute approximate surface area is 100 Å². The van der Waals surface area contributed by atoms with Crippen LogP contribution in [0.1, 0.15) is 18.4 Å². The zero-order valence-electron chi connectivity index (χ0n) is 10.0. The van der Waals surface area contributed by atoms with Crippen molar-refractivity contribution in [3.63, 3.8) is 0 Å². The number of aromatic nitrogens is 1. The number of hydrogen-bond donors (Lipinski definition) is 1. The first-order valence-corrected chi connectivity index (χ1v) is 6.20. The molecule has 1 N–H and O–H groups in total. The Hall–Kier alpha value is -1.35. The van der Waals surface area contributed by atoms with Crippen molar-refractivity contribution in [3.05, 3.63) is 35.8 Å². The van der Waals surface area contributed by atoms with Crippen LogP contribution in [0.4, 0.5) is 4.39 Å². The van der Waals surface area contributed by atoms with Crippen LogP contribution in [0.2, 0.25) is 0 Å². The zero-order chi connectivity index (χ0) is 11.8. The van der Waals surface area contributed by atoms with Crippen molar-refractivity contribution >= 4 is 10.9 Å². The molecule has 2 aromatic rings. The van der Waals surface area contributed by atoms with E-state index in [4.69, 9.17) is 0 Å². The lowest BCUT2D eigenvalue weighted by molar-refractivity contribution is 0.329. The molecule has 0 bridgehead atoms. The lowest BCUT2D eigenvalue weighted by Crippen LogP contribution is -2.23. The first-order valence-electron chi connectivity index (χ1n) is 6.20. The van der Waals surface area contributed by atoms with Gasteiger partial charge in [0.15, 0.2) is 0 Å². The molecule has 0 saturated heterocycles. The Morgan fingerprint density at radius 3 is 3.00 bits per heavy atom. The number of likely N-dealkylation sites (N-methyl/N-ethyl adjacent to an activating group) is 1. The second kappa shape index (κ2) is 4.15. The summed E-state index contributed by atoms with van der Waals surface area (Å²) < 4.78 is 13.5. The molecule has 1 aliphatic carbocycles. The Kier molecular flexibility index (Phi) is 2.63. The molecule has 0 aliphatic heterocycles. The largest absolute Gasteiger partial charge is 0.359 e. The SMILES string of the molecule is CN(CCc1c[nH]c2c(F)cccc12)C1CC1. The van der Waals surface area contributed by atoms with E-state index < -0.39 is 0 Å². The Morgan fingerprint density at radius 2 is 2.24 bits per heavy atom. The van der Waals surface area contributed by atoms with Gasteiger partial charge in [-0.3, -0.25) is 0 Å². The van der Waals surface area contributed by atoms with Gasteiger partial charge < -0.3 is 9.88 Å². The fourth-order valence-electron chi connectivity index (χ4n) is 2.38. The fourth-order valence-corrected chi connectivity index (χ4v) is 2.38. The smallest absolute Gasteiger partial charge is 0.147 e. The highest BCUT2D eigenvalue weighted by molar-refractivity contribution is 5.83. The van der Waals surface area contributed by atoms with Crippen LogP contribution >= 0.6 is 0 Å². The Morgan fingerprint density at radius 1 is 1.41 bits per heavy atom. The van der Waals surface area contributed by atoms with E-state index in [-0.39, 0.29) is 5.82 Å². The summed E-state index contributed by atoms with van der Waals surface area (Å²) in [5.74, 6) is -0.163. The first-order chi connectivity index (χ1) is 8.25. The number of H-pyrrole nitrogens is 1. The molecule has 0 unspecified atom stereocenters. The topological polar surface area (TPSA) is 19.0 Å². The lowest BCUT2D eigenvalue weighted by Gasteiger charge is -2.14. The molecule has 3 rings (SSSR count). The number of para-hydroxylation sites is 1. The van der Waals surface area contributed by atoms with Gasteiger partial charge in [-0.25, -0.2) is 4.39 Å². The minimum Gasteiger partial charge on any atom is -0.359 e. The van der Waals surface area contributed by atoms with E-state index in [1.165, 1.54) is 24.5 Å². The van der Waals surface area contributed by atoms with Crippen molar-refractivity contribution in [1.29, 1.82) is 0 Å². The van der Waals surface area contributed by atoms with Gasteiger partial charge >= 0.3 is 0 Å². The average molecular weight is 232 g/mol. The third kappa shape index (κ3) is 2.07. The van der Waals surface area contributed by atoms with E-state index in [1.54, 1.807) is 6.07 Å². The first kappa shape index (κ1) is 10.8. The molecule has 1 fully saturated rings. The zero-order valence-corrected chi connectivity index (χ0v) is 10.0. The number of halogens is 1. The van der Waals surface area contributed by atoms with Crippen molar-refractivity contribution in [1.82, 2.24) is 9.88 Å². The molecule has 0 radical (unpaired) electrons. The van der Waals surface area contributed by atoms with Crippen LogP contribution in [-0.2, 0) is 6.42 Å². The quantitative estimate of drug-likeness (QED) is 0.858. The molecular weight excluding hydrogens is 215 g/mol. The van der Waals surface area contributed by atoms with Crippen LogP contribution in [-0.4, -0.2) is 29.5 Å². The van der Waals surface area contributed by atoms with Crippen LogP contribution < -0.4 is 0 Å². The van der Waals surface area contributed by atoms with E-state index in [0.29, 0.717) is 5.52 Å². The molecule has 0 spiro atoms. The Bertz CT molecular complexity index is 528. The number of nitrogens with zero attached hydrogens (tertiary/aromatic N) is 1. The van der Waals surface area contributed by atoms with Gasteiger partial charge in [-0.2, -0.15) is 0 Å². The highest BCUT2D eigenvalue weighted by atomic mass is 19.1. The van der Waals surface area contributed by atoms with Crippen molar-refractivity contribution in [2.45, 2.75) is 25.3 Å². The van der Waals surface area contributed by atoms with Crippen molar-refractivity contribution < 1.29 is 4.39 Å². The summed E-state index contributed by atoms with van der Waals surface area (Å²) >= 11 is 0. The van der Waals surface area contributed by atoms with E-state index >= 15 is 0 Å². The molecule has 2 nitrogen and oxygen atoms in total. The van der Waals surface area contributed by atoms with Gasteiger partial charge in [-0.05, 0) is 37.9 Å². The standard InChI is InChI=1S/C14H17FN2/c1-17(11-5-6-11)8-7-10-9-16-14-12(10)3-2-4-13(14)15/h2-4,9,11,16H,5-8H2,1H3. The molecule has 0 amide bonds. The fraction of sp³-hybridized carbons (Fsp3) is 0.429. The number of aromatic amines is 1. The molecular formula is C14H17FN2. The van der Waals surface area contributed by atoms with Gasteiger partial charge in [-0.1, -0.05) is 12.1 Å². The second-order valence-electron chi connectivity index (χ2n) is 4.94. The van der Waals surface area contributed by atoms with Gasteiger partial charge in [0.2, 0.25) is 0 Å². The normalized spacial score (nSPS) is 15.9. The Balaban J connectivity index is 1.78. The number of benzene rings is 1. The summed E-state index contributed by atoms with van der Waals surface area (Å²) in [4.78, 5) is 5.43. The average Bonchev–Trinajstić information content (AvgIpc) is 3.08. The van der Waals surface area contributed by atoms with Crippen LogP contribution in [0.3, 0.4) is 0 Å². The van der Waals surface area contributed by atoms with Crippen LogP contribution in [0, 0.1) is 5.82 Å². The minimum absolute atomic E-state index is 0.163. The highest BCUT2D eigenvalue weighted by Crippen LogP contribution is 2.26. The molecule has 1 heterocycles. The molecule has 0 atom stereocenters. The maximum atomic E-state index is 13.5. The molecule has 1 aromatic heterocycles. The minimum atomic E-state index is -0.163. The highest BCUT2D eigenvalue weighted by Gasteiger charge is 2.25.